The minimum atomic E-state index is 0.0291. The van der Waals surface area contributed by atoms with E-state index >= 15 is 0 Å². The lowest BCUT2D eigenvalue weighted by Gasteiger charge is -2.13. The predicted octanol–water partition coefficient (Wildman–Crippen LogP) is 5.47. The van der Waals surface area contributed by atoms with Crippen LogP contribution in [0.15, 0.2) is 71.6 Å². The smallest absolute Gasteiger partial charge is 0.190 e. The van der Waals surface area contributed by atoms with Crippen LogP contribution in [-0.2, 0) is 0 Å². The van der Waals surface area contributed by atoms with Gasteiger partial charge in [0, 0.05) is 21.9 Å². The Hall–Kier alpha value is -2.45. The summed E-state index contributed by atoms with van der Waals surface area (Å²) in [5.74, 6) is 0.184. The molecule has 23 heavy (non-hydrogen) atoms. The molecule has 0 radical (unpaired) electrons. The summed E-state index contributed by atoms with van der Waals surface area (Å²) in [5.41, 5.74) is 5.22. The molecule has 1 aliphatic rings. The summed E-state index contributed by atoms with van der Waals surface area (Å²) in [5, 5.41) is 2.08. The van der Waals surface area contributed by atoms with Crippen molar-refractivity contribution in [3.63, 3.8) is 0 Å². The third-order valence-electron chi connectivity index (χ3n) is 4.41. The molecule has 112 valence electrons. The van der Waals surface area contributed by atoms with Crippen LogP contribution in [0.4, 0.5) is 0 Å². The first-order chi connectivity index (χ1) is 11.3. The van der Waals surface area contributed by atoms with Gasteiger partial charge in [-0.2, -0.15) is 0 Å². The molecule has 0 N–H and O–H groups in total. The highest BCUT2D eigenvalue weighted by Gasteiger charge is 2.35. The lowest BCUT2D eigenvalue weighted by atomic mass is 9.89. The van der Waals surface area contributed by atoms with E-state index in [1.54, 1.807) is 11.3 Å². The van der Waals surface area contributed by atoms with Gasteiger partial charge in [0.25, 0.3) is 0 Å². The molecule has 1 aromatic heterocycles. The second-order valence-corrected chi connectivity index (χ2v) is 6.78. The van der Waals surface area contributed by atoms with Crippen LogP contribution in [0.25, 0.3) is 6.08 Å². The molecule has 2 aromatic carbocycles. The van der Waals surface area contributed by atoms with Crippen LogP contribution in [0.5, 0.6) is 0 Å². The molecule has 0 fully saturated rings. The molecule has 1 nitrogen and oxygen atoms in total. The Bertz CT molecular complexity index is 902. The summed E-state index contributed by atoms with van der Waals surface area (Å²) < 4.78 is 0. The van der Waals surface area contributed by atoms with E-state index in [1.165, 1.54) is 16.0 Å². The Balaban J connectivity index is 1.93. The molecule has 0 spiro atoms. The van der Waals surface area contributed by atoms with Crippen LogP contribution < -0.4 is 0 Å². The van der Waals surface area contributed by atoms with E-state index in [0.29, 0.717) is 0 Å². The third-order valence-corrected chi connectivity index (χ3v) is 5.38. The summed E-state index contributed by atoms with van der Waals surface area (Å²) in [6.45, 7) is 2.09. The SMILES string of the molecule is Cc1ccsc1/C=C1/C(=O)c2ccccc2[C@H]1c1ccccc1. The van der Waals surface area contributed by atoms with E-state index in [-0.39, 0.29) is 11.7 Å². The van der Waals surface area contributed by atoms with Crippen molar-refractivity contribution >= 4 is 23.2 Å². The Morgan fingerprint density at radius 2 is 1.70 bits per heavy atom. The van der Waals surface area contributed by atoms with E-state index in [9.17, 15) is 4.79 Å². The van der Waals surface area contributed by atoms with Gasteiger partial charge in [-0.25, -0.2) is 0 Å². The molecule has 4 rings (SSSR count). The van der Waals surface area contributed by atoms with Crippen molar-refractivity contribution < 1.29 is 4.79 Å². The molecule has 1 aliphatic carbocycles. The average molecular weight is 316 g/mol. The second-order valence-electron chi connectivity index (χ2n) is 5.83. The van der Waals surface area contributed by atoms with Crippen LogP contribution in [-0.4, -0.2) is 5.78 Å². The first-order valence-corrected chi connectivity index (χ1v) is 8.58. The zero-order valence-corrected chi connectivity index (χ0v) is 13.6. The molecule has 0 amide bonds. The van der Waals surface area contributed by atoms with Crippen molar-refractivity contribution in [3.8, 4) is 0 Å². The maximum absolute atomic E-state index is 13.0. The molecule has 2 heteroatoms. The van der Waals surface area contributed by atoms with Gasteiger partial charge in [0.05, 0.1) is 0 Å². The maximum Gasteiger partial charge on any atom is 0.190 e. The van der Waals surface area contributed by atoms with E-state index in [0.717, 1.165) is 16.7 Å². The number of thiophene rings is 1. The van der Waals surface area contributed by atoms with Gasteiger partial charge in [-0.05, 0) is 41.1 Å². The molecular formula is C21H16OS. The summed E-state index contributed by atoms with van der Waals surface area (Å²) in [6.07, 6.45) is 2.08. The van der Waals surface area contributed by atoms with E-state index in [2.05, 4.69) is 42.6 Å². The highest BCUT2D eigenvalue weighted by atomic mass is 32.1. The van der Waals surface area contributed by atoms with E-state index in [1.807, 2.05) is 36.4 Å². The number of hydrogen-bond donors (Lipinski definition) is 0. The molecule has 0 saturated heterocycles. The molecule has 3 aromatic rings. The van der Waals surface area contributed by atoms with Crippen molar-refractivity contribution in [1.29, 1.82) is 0 Å². The Kier molecular flexibility index (Phi) is 3.47. The molecule has 0 saturated carbocycles. The van der Waals surface area contributed by atoms with Gasteiger partial charge in [0.2, 0.25) is 0 Å². The summed E-state index contributed by atoms with van der Waals surface area (Å²) >= 11 is 1.69. The molecule has 0 aliphatic heterocycles. The Morgan fingerprint density at radius 1 is 0.957 bits per heavy atom. The van der Waals surface area contributed by atoms with E-state index in [4.69, 9.17) is 0 Å². The summed E-state index contributed by atoms with van der Waals surface area (Å²) in [4.78, 5) is 14.1. The number of Topliss-reactive ketones (excluding diaryl/α,β-unsaturated/α-hetero) is 1. The lowest BCUT2D eigenvalue weighted by Crippen LogP contribution is -2.02. The van der Waals surface area contributed by atoms with Gasteiger partial charge >= 0.3 is 0 Å². The predicted molar refractivity (Wildman–Crippen MR) is 96.1 cm³/mol. The lowest BCUT2D eigenvalue weighted by molar-refractivity contribution is 0.103. The number of benzene rings is 2. The van der Waals surface area contributed by atoms with Gasteiger partial charge < -0.3 is 0 Å². The number of carbonyl (C=O) groups is 1. The van der Waals surface area contributed by atoms with Crippen molar-refractivity contribution in [2.24, 2.45) is 0 Å². The monoisotopic (exact) mass is 316 g/mol. The van der Waals surface area contributed by atoms with Gasteiger partial charge in [0.15, 0.2) is 5.78 Å². The maximum atomic E-state index is 13.0. The minimum Gasteiger partial charge on any atom is -0.289 e. The van der Waals surface area contributed by atoms with Crippen molar-refractivity contribution in [3.05, 3.63) is 98.7 Å². The number of hydrogen-bond acceptors (Lipinski definition) is 2. The second kappa shape index (κ2) is 5.64. The molecular weight excluding hydrogens is 300 g/mol. The Labute approximate surface area is 139 Å². The highest BCUT2D eigenvalue weighted by Crippen LogP contribution is 2.43. The first-order valence-electron chi connectivity index (χ1n) is 7.70. The van der Waals surface area contributed by atoms with Gasteiger partial charge in [-0.15, -0.1) is 11.3 Å². The van der Waals surface area contributed by atoms with Crippen LogP contribution in [0.3, 0.4) is 0 Å². The first kappa shape index (κ1) is 14.2. The largest absolute Gasteiger partial charge is 0.289 e. The zero-order chi connectivity index (χ0) is 15.8. The van der Waals surface area contributed by atoms with Gasteiger partial charge in [0.1, 0.15) is 0 Å². The highest BCUT2D eigenvalue weighted by molar-refractivity contribution is 7.11. The van der Waals surface area contributed by atoms with E-state index < -0.39 is 0 Å². The Morgan fingerprint density at radius 3 is 2.43 bits per heavy atom. The quantitative estimate of drug-likeness (QED) is 0.573. The standard InChI is InChI=1S/C21H16OS/c1-14-11-12-23-19(14)13-18-20(15-7-3-2-4-8-15)16-9-5-6-10-17(16)21(18)22/h2-13,20H,1H3/b18-13+/t20-/m1/s1. The average Bonchev–Trinajstić information content (AvgIpc) is 3.11. The number of rotatable bonds is 2. The van der Waals surface area contributed by atoms with Crippen LogP contribution in [0.1, 0.15) is 37.8 Å². The molecule has 0 unspecified atom stereocenters. The zero-order valence-electron chi connectivity index (χ0n) is 12.8. The number of aryl methyl sites for hydroxylation is 1. The van der Waals surface area contributed by atoms with Crippen molar-refractivity contribution in [1.82, 2.24) is 0 Å². The fourth-order valence-corrected chi connectivity index (χ4v) is 4.10. The molecule has 1 atom stereocenters. The molecule has 1 heterocycles. The van der Waals surface area contributed by atoms with Gasteiger partial charge in [-0.3, -0.25) is 4.79 Å². The minimum absolute atomic E-state index is 0.0291. The molecule has 0 bridgehead atoms. The van der Waals surface area contributed by atoms with Crippen LogP contribution in [0, 0.1) is 6.92 Å². The number of fused-ring (bicyclic) bond motifs is 1. The third kappa shape index (κ3) is 2.36. The van der Waals surface area contributed by atoms with Crippen LogP contribution >= 0.6 is 11.3 Å². The number of carbonyl (C=O) groups excluding carboxylic acids is 1. The normalized spacial score (nSPS) is 18.4. The summed E-state index contributed by atoms with van der Waals surface area (Å²) in [7, 11) is 0. The fourth-order valence-electron chi connectivity index (χ4n) is 3.24. The number of ketones is 1. The summed E-state index contributed by atoms with van der Waals surface area (Å²) in [6, 6.07) is 20.4. The van der Waals surface area contributed by atoms with Crippen LogP contribution in [0.2, 0.25) is 0 Å². The van der Waals surface area contributed by atoms with Gasteiger partial charge in [-0.1, -0.05) is 54.6 Å². The number of allylic oxidation sites excluding steroid dienone is 1. The topological polar surface area (TPSA) is 17.1 Å². The van der Waals surface area contributed by atoms with Crippen molar-refractivity contribution in [2.75, 3.05) is 0 Å². The van der Waals surface area contributed by atoms with Crippen molar-refractivity contribution in [2.45, 2.75) is 12.8 Å². The fraction of sp³-hybridized carbons (Fsp3) is 0.0952.